The highest BCUT2D eigenvalue weighted by Crippen LogP contribution is 2.27. The van der Waals surface area contributed by atoms with Crippen molar-refractivity contribution in [3.8, 4) is 0 Å². The highest BCUT2D eigenvalue weighted by atomic mass is 32.1. The fraction of sp³-hybridized carbons (Fsp3) is 0.600. The molecule has 0 aliphatic carbocycles. The largest absolute Gasteiger partial charge is 0.148 e. The Morgan fingerprint density at radius 3 is 2.36 bits per heavy atom. The summed E-state index contributed by atoms with van der Waals surface area (Å²) in [5, 5.41) is 2.30. The van der Waals surface area contributed by atoms with Crippen LogP contribution in [0.25, 0.3) is 0 Å². The van der Waals surface area contributed by atoms with Gasteiger partial charge < -0.3 is 0 Å². The summed E-state index contributed by atoms with van der Waals surface area (Å²) in [6.45, 7) is 8.98. The predicted molar refractivity (Wildman–Crippen MR) is 52.5 cm³/mol. The van der Waals surface area contributed by atoms with Crippen LogP contribution in [0.2, 0.25) is 0 Å². The van der Waals surface area contributed by atoms with Gasteiger partial charge in [-0.3, -0.25) is 0 Å². The number of hydrogen-bond acceptors (Lipinski definition) is 1. The van der Waals surface area contributed by atoms with E-state index in [4.69, 9.17) is 0 Å². The van der Waals surface area contributed by atoms with Gasteiger partial charge in [-0.2, -0.15) is 0 Å². The van der Waals surface area contributed by atoms with Crippen molar-refractivity contribution < 1.29 is 0 Å². The summed E-state index contributed by atoms with van der Waals surface area (Å²) in [5.74, 6) is 0.687. The van der Waals surface area contributed by atoms with Gasteiger partial charge in [-0.1, -0.05) is 20.8 Å². The lowest BCUT2D eigenvalue weighted by atomic mass is 10.0. The van der Waals surface area contributed by atoms with E-state index in [0.29, 0.717) is 5.92 Å². The number of rotatable bonds is 2. The fourth-order valence-electron chi connectivity index (χ4n) is 1.39. The Kier molecular flexibility index (Phi) is 2.72. The van der Waals surface area contributed by atoms with Gasteiger partial charge in [0, 0.05) is 4.88 Å². The Hall–Kier alpha value is -0.300. The van der Waals surface area contributed by atoms with Crippen LogP contribution in [0.5, 0.6) is 0 Å². The molecule has 11 heavy (non-hydrogen) atoms. The van der Waals surface area contributed by atoms with Crippen molar-refractivity contribution in [1.29, 1.82) is 0 Å². The molecule has 0 N–H and O–H groups in total. The Balaban J connectivity index is 3.00. The van der Waals surface area contributed by atoms with Gasteiger partial charge in [0.15, 0.2) is 0 Å². The molecule has 0 spiro atoms. The third-order valence-electron chi connectivity index (χ3n) is 2.12. The van der Waals surface area contributed by atoms with E-state index in [0.717, 1.165) is 0 Å². The maximum atomic E-state index is 2.30. The second-order valence-electron chi connectivity index (χ2n) is 3.25. The summed E-state index contributed by atoms with van der Waals surface area (Å²) in [6, 6.07) is 0. The first kappa shape index (κ1) is 8.79. The molecule has 0 amide bonds. The van der Waals surface area contributed by atoms with E-state index in [1.807, 2.05) is 11.3 Å². The van der Waals surface area contributed by atoms with Crippen molar-refractivity contribution >= 4 is 11.3 Å². The summed E-state index contributed by atoms with van der Waals surface area (Å²) in [5.41, 5.74) is 3.05. The number of thiophene rings is 1. The van der Waals surface area contributed by atoms with E-state index in [2.05, 4.69) is 33.1 Å². The molecule has 62 valence electrons. The highest BCUT2D eigenvalue weighted by Gasteiger charge is 2.07. The van der Waals surface area contributed by atoms with E-state index in [1.54, 1.807) is 4.88 Å². The van der Waals surface area contributed by atoms with E-state index in [9.17, 15) is 0 Å². The maximum Gasteiger partial charge on any atom is 0.00746 e. The molecule has 0 aliphatic heterocycles. The second-order valence-corrected chi connectivity index (χ2v) is 4.21. The quantitative estimate of drug-likeness (QED) is 0.631. The summed E-state index contributed by atoms with van der Waals surface area (Å²) in [7, 11) is 0. The second kappa shape index (κ2) is 3.40. The zero-order chi connectivity index (χ0) is 8.43. The molecule has 1 rings (SSSR count). The van der Waals surface area contributed by atoms with Crippen molar-refractivity contribution in [2.45, 2.75) is 40.0 Å². The van der Waals surface area contributed by atoms with Crippen LogP contribution in [0, 0.1) is 6.92 Å². The average molecular weight is 168 g/mol. The Bertz CT molecular complexity index is 233. The first-order valence-electron chi connectivity index (χ1n) is 4.23. The van der Waals surface area contributed by atoms with Crippen LogP contribution in [-0.4, -0.2) is 0 Å². The minimum atomic E-state index is 0.687. The molecule has 0 aliphatic rings. The molecule has 0 atom stereocenters. The summed E-state index contributed by atoms with van der Waals surface area (Å²) < 4.78 is 0. The van der Waals surface area contributed by atoms with E-state index in [1.165, 1.54) is 17.5 Å². The molecule has 0 radical (unpaired) electrons. The maximum absolute atomic E-state index is 2.30. The van der Waals surface area contributed by atoms with Gasteiger partial charge in [0.25, 0.3) is 0 Å². The number of aryl methyl sites for hydroxylation is 1. The van der Waals surface area contributed by atoms with Crippen molar-refractivity contribution in [3.05, 3.63) is 21.4 Å². The summed E-state index contributed by atoms with van der Waals surface area (Å²) in [4.78, 5) is 1.55. The third kappa shape index (κ3) is 1.64. The minimum absolute atomic E-state index is 0.687. The van der Waals surface area contributed by atoms with Crippen LogP contribution in [0.3, 0.4) is 0 Å². The van der Waals surface area contributed by atoms with Gasteiger partial charge in [-0.25, -0.2) is 0 Å². The van der Waals surface area contributed by atoms with Crippen molar-refractivity contribution in [2.75, 3.05) is 0 Å². The van der Waals surface area contributed by atoms with Crippen molar-refractivity contribution in [1.82, 2.24) is 0 Å². The SMILES string of the molecule is CCc1scc(C(C)C)c1C. The first-order valence-corrected chi connectivity index (χ1v) is 5.11. The summed E-state index contributed by atoms with van der Waals surface area (Å²) >= 11 is 1.90. The Morgan fingerprint density at radius 1 is 1.45 bits per heavy atom. The van der Waals surface area contributed by atoms with Gasteiger partial charge >= 0.3 is 0 Å². The normalized spacial score (nSPS) is 11.0. The Morgan fingerprint density at radius 2 is 2.09 bits per heavy atom. The molecule has 1 heteroatoms. The van der Waals surface area contributed by atoms with E-state index < -0.39 is 0 Å². The highest BCUT2D eigenvalue weighted by molar-refractivity contribution is 7.10. The van der Waals surface area contributed by atoms with Gasteiger partial charge in [-0.15, -0.1) is 11.3 Å². The Labute approximate surface area is 73.3 Å². The first-order chi connectivity index (χ1) is 5.16. The zero-order valence-electron chi connectivity index (χ0n) is 7.77. The van der Waals surface area contributed by atoms with Crippen molar-refractivity contribution in [2.24, 2.45) is 0 Å². The fourth-order valence-corrected chi connectivity index (χ4v) is 2.57. The predicted octanol–water partition coefficient (Wildman–Crippen LogP) is 3.74. The molecule has 0 fully saturated rings. The van der Waals surface area contributed by atoms with Crippen LogP contribution < -0.4 is 0 Å². The lowest BCUT2D eigenvalue weighted by Crippen LogP contribution is -1.88. The third-order valence-corrected chi connectivity index (χ3v) is 3.37. The lowest BCUT2D eigenvalue weighted by Gasteiger charge is -2.03. The molecule has 1 aromatic heterocycles. The monoisotopic (exact) mass is 168 g/mol. The zero-order valence-corrected chi connectivity index (χ0v) is 8.59. The molecular weight excluding hydrogens is 152 g/mol. The molecule has 0 saturated carbocycles. The van der Waals surface area contributed by atoms with Crippen LogP contribution in [0.4, 0.5) is 0 Å². The molecule has 1 aromatic rings. The smallest absolute Gasteiger partial charge is 0.00746 e. The van der Waals surface area contributed by atoms with E-state index >= 15 is 0 Å². The van der Waals surface area contributed by atoms with Crippen molar-refractivity contribution in [3.63, 3.8) is 0 Å². The van der Waals surface area contributed by atoms with Crippen LogP contribution in [0.1, 0.15) is 42.7 Å². The number of hydrogen-bond donors (Lipinski definition) is 0. The molecule has 0 bridgehead atoms. The molecule has 1 heterocycles. The van der Waals surface area contributed by atoms with E-state index in [-0.39, 0.29) is 0 Å². The lowest BCUT2D eigenvalue weighted by molar-refractivity contribution is 0.860. The summed E-state index contributed by atoms with van der Waals surface area (Å²) in [6.07, 6.45) is 1.18. The minimum Gasteiger partial charge on any atom is -0.148 e. The molecule has 0 saturated heterocycles. The molecule has 0 aromatic carbocycles. The van der Waals surface area contributed by atoms with Crippen LogP contribution in [0.15, 0.2) is 5.38 Å². The molecule has 0 unspecified atom stereocenters. The standard InChI is InChI=1S/C10H16S/c1-5-10-8(4)9(6-11-10)7(2)3/h6-7H,5H2,1-4H3. The molecule has 0 nitrogen and oxygen atoms in total. The molecular formula is C10H16S. The topological polar surface area (TPSA) is 0 Å². The van der Waals surface area contributed by atoms with Gasteiger partial charge in [0.1, 0.15) is 0 Å². The van der Waals surface area contributed by atoms with Crippen LogP contribution in [-0.2, 0) is 6.42 Å². The average Bonchev–Trinajstić information content (AvgIpc) is 2.30. The van der Waals surface area contributed by atoms with Gasteiger partial charge in [0.05, 0.1) is 0 Å². The van der Waals surface area contributed by atoms with Gasteiger partial charge in [0.2, 0.25) is 0 Å². The van der Waals surface area contributed by atoms with Crippen LogP contribution >= 0.6 is 11.3 Å². The van der Waals surface area contributed by atoms with Gasteiger partial charge in [-0.05, 0) is 35.8 Å².